The standard InChI is InChI=1S/C19H29BrN4O2/c1-23(2)18(25)13-22-19(21-12-17-6-4-5-11-26-17)24(3)14-15-7-9-16(20)10-8-15/h7-10,17H,4-6,11-14H2,1-3H3,(H,21,22). The van der Waals surface area contributed by atoms with E-state index >= 15 is 0 Å². The molecule has 1 unspecified atom stereocenters. The molecule has 1 amide bonds. The highest BCUT2D eigenvalue weighted by molar-refractivity contribution is 9.10. The van der Waals surface area contributed by atoms with Crippen LogP contribution in [0.5, 0.6) is 0 Å². The third-order valence-corrected chi connectivity index (χ3v) is 4.85. The molecule has 6 nitrogen and oxygen atoms in total. The van der Waals surface area contributed by atoms with E-state index in [4.69, 9.17) is 4.74 Å². The molecule has 0 aliphatic carbocycles. The highest BCUT2D eigenvalue weighted by atomic mass is 79.9. The Morgan fingerprint density at radius 3 is 2.62 bits per heavy atom. The number of guanidine groups is 1. The van der Waals surface area contributed by atoms with Crippen LogP contribution in [0.2, 0.25) is 0 Å². The number of ether oxygens (including phenoxy) is 1. The molecule has 7 heteroatoms. The van der Waals surface area contributed by atoms with Crippen molar-refractivity contribution in [3.05, 3.63) is 34.3 Å². The molecule has 26 heavy (non-hydrogen) atoms. The van der Waals surface area contributed by atoms with Gasteiger partial charge in [-0.2, -0.15) is 0 Å². The second-order valence-corrected chi connectivity index (χ2v) is 7.70. The van der Waals surface area contributed by atoms with Crippen molar-refractivity contribution in [1.29, 1.82) is 0 Å². The van der Waals surface area contributed by atoms with E-state index in [9.17, 15) is 4.79 Å². The van der Waals surface area contributed by atoms with Crippen molar-refractivity contribution in [2.75, 3.05) is 40.8 Å². The molecule has 1 aliphatic rings. The van der Waals surface area contributed by atoms with Crippen molar-refractivity contribution in [2.24, 2.45) is 4.99 Å². The molecule has 0 saturated carbocycles. The molecule has 0 radical (unpaired) electrons. The van der Waals surface area contributed by atoms with Gasteiger partial charge in [-0.25, -0.2) is 4.99 Å². The number of carbonyl (C=O) groups excluding carboxylic acids is 1. The number of hydrogen-bond donors (Lipinski definition) is 1. The van der Waals surface area contributed by atoms with Crippen LogP contribution in [0.25, 0.3) is 0 Å². The Bertz CT molecular complexity index is 598. The molecule has 1 N–H and O–H groups in total. The Balaban J connectivity index is 2.00. The molecule has 1 fully saturated rings. The number of benzene rings is 1. The number of amides is 1. The number of carbonyl (C=O) groups is 1. The minimum atomic E-state index is -0.0183. The molecule has 144 valence electrons. The third-order valence-electron chi connectivity index (χ3n) is 4.32. The van der Waals surface area contributed by atoms with Crippen molar-refractivity contribution in [3.63, 3.8) is 0 Å². The van der Waals surface area contributed by atoms with E-state index in [1.165, 1.54) is 12.0 Å². The topological polar surface area (TPSA) is 57.2 Å². The van der Waals surface area contributed by atoms with Gasteiger partial charge in [0.1, 0.15) is 6.54 Å². The van der Waals surface area contributed by atoms with Gasteiger partial charge in [0.05, 0.1) is 6.10 Å². The zero-order valence-corrected chi connectivity index (χ0v) is 17.5. The number of halogens is 1. The van der Waals surface area contributed by atoms with Gasteiger partial charge in [0, 0.05) is 45.3 Å². The molecule has 1 saturated heterocycles. The smallest absolute Gasteiger partial charge is 0.243 e. The van der Waals surface area contributed by atoms with Gasteiger partial charge >= 0.3 is 0 Å². The molecular formula is C19H29BrN4O2. The molecular weight excluding hydrogens is 396 g/mol. The first-order valence-electron chi connectivity index (χ1n) is 9.01. The summed E-state index contributed by atoms with van der Waals surface area (Å²) in [4.78, 5) is 20.0. The summed E-state index contributed by atoms with van der Waals surface area (Å²) in [7, 11) is 5.47. The lowest BCUT2D eigenvalue weighted by molar-refractivity contribution is -0.127. The summed E-state index contributed by atoms with van der Waals surface area (Å²) in [6.45, 7) is 2.37. The van der Waals surface area contributed by atoms with Crippen LogP contribution in [0, 0.1) is 0 Å². The van der Waals surface area contributed by atoms with Crippen molar-refractivity contribution in [1.82, 2.24) is 15.1 Å². The maximum atomic E-state index is 11.9. The summed E-state index contributed by atoms with van der Waals surface area (Å²) in [6, 6.07) is 8.21. The minimum absolute atomic E-state index is 0.0183. The van der Waals surface area contributed by atoms with Gasteiger partial charge in [0.25, 0.3) is 0 Å². The summed E-state index contributed by atoms with van der Waals surface area (Å²) in [5.41, 5.74) is 1.18. The predicted molar refractivity (Wildman–Crippen MR) is 108 cm³/mol. The average Bonchev–Trinajstić information content (AvgIpc) is 2.64. The number of hydrogen-bond acceptors (Lipinski definition) is 3. The van der Waals surface area contributed by atoms with Gasteiger partial charge in [-0.05, 0) is 37.0 Å². The summed E-state index contributed by atoms with van der Waals surface area (Å²) < 4.78 is 6.84. The first kappa shape index (κ1) is 20.7. The van der Waals surface area contributed by atoms with Crippen LogP contribution in [0.15, 0.2) is 33.7 Å². The van der Waals surface area contributed by atoms with Crippen LogP contribution in [-0.2, 0) is 16.1 Å². The van der Waals surface area contributed by atoms with Crippen LogP contribution in [-0.4, -0.2) is 68.6 Å². The summed E-state index contributed by atoms with van der Waals surface area (Å²) >= 11 is 3.46. The van der Waals surface area contributed by atoms with Gasteiger partial charge in [0.15, 0.2) is 5.96 Å². The fraction of sp³-hybridized carbons (Fsp3) is 0.579. The quantitative estimate of drug-likeness (QED) is 0.562. The fourth-order valence-electron chi connectivity index (χ4n) is 2.71. The van der Waals surface area contributed by atoms with E-state index in [1.54, 1.807) is 19.0 Å². The van der Waals surface area contributed by atoms with Crippen LogP contribution < -0.4 is 5.32 Å². The lowest BCUT2D eigenvalue weighted by Crippen LogP contribution is -2.43. The fourth-order valence-corrected chi connectivity index (χ4v) is 2.97. The Hall–Kier alpha value is -1.60. The van der Waals surface area contributed by atoms with Gasteiger partial charge in [0.2, 0.25) is 5.91 Å². The van der Waals surface area contributed by atoms with Gasteiger partial charge < -0.3 is 19.9 Å². The van der Waals surface area contributed by atoms with Gasteiger partial charge in [-0.1, -0.05) is 28.1 Å². The van der Waals surface area contributed by atoms with Crippen LogP contribution in [0.1, 0.15) is 24.8 Å². The molecule has 0 aromatic heterocycles. The van der Waals surface area contributed by atoms with Crippen LogP contribution in [0.4, 0.5) is 0 Å². The van der Waals surface area contributed by atoms with E-state index in [-0.39, 0.29) is 18.6 Å². The Labute approximate surface area is 164 Å². The lowest BCUT2D eigenvalue weighted by Gasteiger charge is -2.27. The number of nitrogens with zero attached hydrogens (tertiary/aromatic N) is 3. The maximum Gasteiger partial charge on any atom is 0.243 e. The summed E-state index contributed by atoms with van der Waals surface area (Å²) in [5, 5.41) is 3.39. The van der Waals surface area contributed by atoms with Crippen molar-refractivity contribution in [2.45, 2.75) is 31.9 Å². The van der Waals surface area contributed by atoms with Gasteiger partial charge in [-0.3, -0.25) is 4.79 Å². The number of rotatable bonds is 6. The van der Waals surface area contributed by atoms with Crippen molar-refractivity contribution in [3.8, 4) is 0 Å². The zero-order chi connectivity index (χ0) is 18.9. The van der Waals surface area contributed by atoms with Crippen LogP contribution in [0.3, 0.4) is 0 Å². The third kappa shape index (κ3) is 6.96. The molecule has 0 spiro atoms. The second-order valence-electron chi connectivity index (χ2n) is 6.78. The molecule has 1 aliphatic heterocycles. The molecule has 1 heterocycles. The first-order valence-corrected chi connectivity index (χ1v) is 9.80. The monoisotopic (exact) mass is 424 g/mol. The molecule has 1 atom stereocenters. The normalized spacial score (nSPS) is 17.7. The van der Waals surface area contributed by atoms with E-state index < -0.39 is 0 Å². The molecule has 0 bridgehead atoms. The number of nitrogens with one attached hydrogen (secondary N) is 1. The summed E-state index contributed by atoms with van der Waals surface area (Å²) in [6.07, 6.45) is 3.61. The van der Waals surface area contributed by atoms with E-state index in [1.807, 2.05) is 24.1 Å². The second kappa shape index (κ2) is 10.5. The SMILES string of the molecule is CN(C)C(=O)CN=C(NCC1CCCCO1)N(C)Cc1ccc(Br)cc1. The molecule has 1 aromatic rings. The lowest BCUT2D eigenvalue weighted by atomic mass is 10.1. The average molecular weight is 425 g/mol. The highest BCUT2D eigenvalue weighted by Gasteiger charge is 2.16. The predicted octanol–water partition coefficient (Wildman–Crippen LogP) is 2.48. The number of aliphatic imine (C=N–C) groups is 1. The minimum Gasteiger partial charge on any atom is -0.376 e. The zero-order valence-electron chi connectivity index (χ0n) is 15.9. The Morgan fingerprint density at radius 1 is 1.27 bits per heavy atom. The van der Waals surface area contributed by atoms with Crippen molar-refractivity contribution < 1.29 is 9.53 Å². The van der Waals surface area contributed by atoms with Crippen LogP contribution >= 0.6 is 15.9 Å². The summed E-state index contributed by atoms with van der Waals surface area (Å²) in [5.74, 6) is 0.701. The molecule has 2 rings (SSSR count). The molecule has 1 aromatic carbocycles. The largest absolute Gasteiger partial charge is 0.376 e. The first-order chi connectivity index (χ1) is 12.5. The maximum absolute atomic E-state index is 11.9. The van der Waals surface area contributed by atoms with E-state index in [0.717, 1.165) is 29.9 Å². The number of likely N-dealkylation sites (N-methyl/N-ethyl adjacent to an activating group) is 1. The highest BCUT2D eigenvalue weighted by Crippen LogP contribution is 2.13. The van der Waals surface area contributed by atoms with E-state index in [0.29, 0.717) is 13.1 Å². The van der Waals surface area contributed by atoms with Gasteiger partial charge in [-0.15, -0.1) is 0 Å². The Kier molecular flexibility index (Phi) is 8.38. The van der Waals surface area contributed by atoms with E-state index in [2.05, 4.69) is 38.4 Å². The van der Waals surface area contributed by atoms with Crippen molar-refractivity contribution >= 4 is 27.8 Å². The Morgan fingerprint density at radius 2 is 2.00 bits per heavy atom.